The summed E-state index contributed by atoms with van der Waals surface area (Å²) in [6.45, 7) is 4.23. The first-order valence-corrected chi connectivity index (χ1v) is 10.7. The largest absolute Gasteiger partial charge is 0.469 e. The van der Waals surface area contributed by atoms with E-state index in [-0.39, 0.29) is 30.6 Å². The summed E-state index contributed by atoms with van der Waals surface area (Å²) in [5, 5.41) is 22.9. The minimum Gasteiger partial charge on any atom is -0.469 e. The van der Waals surface area contributed by atoms with E-state index in [0.717, 1.165) is 5.56 Å². The van der Waals surface area contributed by atoms with Crippen molar-refractivity contribution in [2.24, 2.45) is 0 Å². The van der Waals surface area contributed by atoms with Crippen molar-refractivity contribution in [3.63, 3.8) is 0 Å². The molecular weight excluding hydrogens is 466 g/mol. The van der Waals surface area contributed by atoms with Crippen molar-refractivity contribution in [2.45, 2.75) is 51.5 Å². The van der Waals surface area contributed by atoms with Crippen LogP contribution >= 0.6 is 15.9 Å². The van der Waals surface area contributed by atoms with Gasteiger partial charge in [-0.1, -0.05) is 36.4 Å². The number of nitrogens with one attached hydrogen (secondary N) is 1. The van der Waals surface area contributed by atoms with Crippen LogP contribution in [-0.4, -0.2) is 51.0 Å². The Bertz CT molecular complexity index is 911. The lowest BCUT2D eigenvalue weighted by molar-refractivity contribution is -0.143. The number of ether oxygens (including phenoxy) is 1. The number of carbonyl (C=O) groups excluding carboxylic acids is 2. The second-order valence-corrected chi connectivity index (χ2v) is 8.09. The minimum absolute atomic E-state index is 0.0244. The molecule has 0 saturated carbocycles. The van der Waals surface area contributed by atoms with E-state index in [1.165, 1.54) is 13.2 Å². The molecule has 0 aliphatic heterocycles. The summed E-state index contributed by atoms with van der Waals surface area (Å²) in [6.07, 6.45) is 0.903. The highest BCUT2D eigenvalue weighted by molar-refractivity contribution is 9.10. The maximum Gasteiger partial charge on any atom is 0.308 e. The average molecular weight is 494 g/mol. The number of hydrogen-bond donors (Lipinski definition) is 3. The Labute approximate surface area is 190 Å². The molecule has 1 heterocycles. The standard InChI is InChI=1S/C22H28BrN3O5/c1-14(2)26-18(10-9-16(27)11-17(28)12-19(29)31-3)20(23)25-21(26)22(30)24-13-15-7-5-4-6-8-15/h4-10,14,16-17,27-28H,11-13H2,1-3H3,(H,24,30)/b10-9+/t16-,17-/m1/s1. The molecule has 0 spiro atoms. The number of aliphatic hydroxyl groups excluding tert-OH is 2. The SMILES string of the molecule is COC(=O)C[C@H](O)C[C@H](O)/C=C/c1c(Br)nc(C(=O)NCc2ccccc2)n1C(C)C. The number of esters is 1. The number of halogens is 1. The van der Waals surface area contributed by atoms with E-state index in [1.807, 2.05) is 44.2 Å². The van der Waals surface area contributed by atoms with Gasteiger partial charge < -0.3 is 24.8 Å². The van der Waals surface area contributed by atoms with Crippen LogP contribution in [-0.2, 0) is 16.1 Å². The normalized spacial score (nSPS) is 13.4. The van der Waals surface area contributed by atoms with Gasteiger partial charge in [0.2, 0.25) is 5.82 Å². The van der Waals surface area contributed by atoms with Gasteiger partial charge in [0.05, 0.1) is 31.4 Å². The maximum atomic E-state index is 12.8. The van der Waals surface area contributed by atoms with Crippen molar-refractivity contribution in [1.82, 2.24) is 14.9 Å². The summed E-state index contributed by atoms with van der Waals surface area (Å²) < 4.78 is 6.73. The first-order valence-electron chi connectivity index (χ1n) is 9.93. The van der Waals surface area contributed by atoms with E-state index < -0.39 is 18.2 Å². The van der Waals surface area contributed by atoms with Crippen molar-refractivity contribution in [3.05, 3.63) is 58.1 Å². The van der Waals surface area contributed by atoms with E-state index in [2.05, 4.69) is 31.0 Å². The second-order valence-electron chi connectivity index (χ2n) is 7.34. The number of methoxy groups -OCH3 is 1. The second kappa shape index (κ2) is 11.8. The molecule has 0 aliphatic rings. The molecule has 0 saturated heterocycles. The van der Waals surface area contributed by atoms with E-state index >= 15 is 0 Å². The van der Waals surface area contributed by atoms with Gasteiger partial charge in [0.25, 0.3) is 5.91 Å². The fourth-order valence-corrected chi connectivity index (χ4v) is 3.52. The van der Waals surface area contributed by atoms with Crippen molar-refractivity contribution in [2.75, 3.05) is 7.11 Å². The molecule has 0 bridgehead atoms. The van der Waals surface area contributed by atoms with E-state index in [4.69, 9.17) is 0 Å². The number of hydrogen-bond acceptors (Lipinski definition) is 6. The van der Waals surface area contributed by atoms with Gasteiger partial charge in [-0.15, -0.1) is 0 Å². The Hall–Kier alpha value is -2.49. The van der Waals surface area contributed by atoms with Crippen LogP contribution in [0.4, 0.5) is 0 Å². The third-order valence-electron chi connectivity index (χ3n) is 4.54. The summed E-state index contributed by atoms with van der Waals surface area (Å²) >= 11 is 3.39. The highest BCUT2D eigenvalue weighted by Crippen LogP contribution is 2.24. The predicted molar refractivity (Wildman–Crippen MR) is 120 cm³/mol. The zero-order chi connectivity index (χ0) is 23.0. The molecule has 8 nitrogen and oxygen atoms in total. The topological polar surface area (TPSA) is 114 Å². The zero-order valence-electron chi connectivity index (χ0n) is 17.8. The lowest BCUT2D eigenvalue weighted by Crippen LogP contribution is -2.27. The summed E-state index contributed by atoms with van der Waals surface area (Å²) in [5.74, 6) is -0.611. The molecule has 2 atom stereocenters. The van der Waals surface area contributed by atoms with Crippen LogP contribution in [0.5, 0.6) is 0 Å². The molecule has 2 aromatic rings. The van der Waals surface area contributed by atoms with E-state index in [0.29, 0.717) is 16.8 Å². The minimum atomic E-state index is -1.02. The lowest BCUT2D eigenvalue weighted by atomic mass is 10.1. The summed E-state index contributed by atoms with van der Waals surface area (Å²) in [5.41, 5.74) is 1.59. The van der Waals surface area contributed by atoms with Crippen molar-refractivity contribution < 1.29 is 24.5 Å². The summed E-state index contributed by atoms with van der Waals surface area (Å²) in [7, 11) is 1.24. The monoisotopic (exact) mass is 493 g/mol. The number of amides is 1. The first kappa shape index (κ1) is 24.8. The molecule has 0 radical (unpaired) electrons. The van der Waals surface area contributed by atoms with Crippen molar-refractivity contribution >= 4 is 33.9 Å². The van der Waals surface area contributed by atoms with Gasteiger partial charge in [-0.3, -0.25) is 9.59 Å². The smallest absolute Gasteiger partial charge is 0.308 e. The number of nitrogens with zero attached hydrogens (tertiary/aromatic N) is 2. The zero-order valence-corrected chi connectivity index (χ0v) is 19.4. The van der Waals surface area contributed by atoms with Crippen LogP contribution < -0.4 is 5.32 Å². The number of carbonyl (C=O) groups is 2. The third kappa shape index (κ3) is 7.30. The molecule has 1 aromatic carbocycles. The molecule has 0 unspecified atom stereocenters. The molecule has 168 valence electrons. The van der Waals surface area contributed by atoms with Gasteiger partial charge in [0.15, 0.2) is 0 Å². The van der Waals surface area contributed by atoms with Crippen molar-refractivity contribution in [1.29, 1.82) is 0 Å². The fourth-order valence-electron chi connectivity index (χ4n) is 3.03. The van der Waals surface area contributed by atoms with Crippen LogP contribution in [0.2, 0.25) is 0 Å². The molecular formula is C22H28BrN3O5. The fraction of sp³-hybridized carbons (Fsp3) is 0.409. The van der Waals surface area contributed by atoms with E-state index in [1.54, 1.807) is 10.6 Å². The Morgan fingerprint density at radius 1 is 1.26 bits per heavy atom. The number of benzene rings is 1. The van der Waals surface area contributed by atoms with Crippen LogP contribution in [0.3, 0.4) is 0 Å². The highest BCUT2D eigenvalue weighted by atomic mass is 79.9. The van der Waals surface area contributed by atoms with Gasteiger partial charge >= 0.3 is 5.97 Å². The van der Waals surface area contributed by atoms with Crippen LogP contribution in [0, 0.1) is 0 Å². The number of aromatic nitrogens is 2. The molecule has 3 N–H and O–H groups in total. The van der Waals surface area contributed by atoms with Crippen LogP contribution in [0.1, 0.15) is 54.6 Å². The molecule has 9 heteroatoms. The summed E-state index contributed by atoms with van der Waals surface area (Å²) in [4.78, 5) is 28.3. The lowest BCUT2D eigenvalue weighted by Gasteiger charge is -2.15. The molecule has 0 aliphatic carbocycles. The van der Waals surface area contributed by atoms with E-state index in [9.17, 15) is 19.8 Å². The molecule has 1 amide bonds. The summed E-state index contributed by atoms with van der Waals surface area (Å²) in [6, 6.07) is 9.51. The Morgan fingerprint density at radius 3 is 2.55 bits per heavy atom. The number of imidazole rings is 1. The third-order valence-corrected chi connectivity index (χ3v) is 5.12. The number of rotatable bonds is 10. The van der Waals surface area contributed by atoms with Gasteiger partial charge in [-0.25, -0.2) is 4.98 Å². The first-order chi connectivity index (χ1) is 14.7. The quantitative estimate of drug-likeness (QED) is 0.438. The Morgan fingerprint density at radius 2 is 1.94 bits per heavy atom. The maximum absolute atomic E-state index is 12.8. The predicted octanol–water partition coefficient (Wildman–Crippen LogP) is 2.84. The van der Waals surface area contributed by atoms with Gasteiger partial charge in [-0.05, 0) is 41.4 Å². The van der Waals surface area contributed by atoms with Crippen LogP contribution in [0.15, 0.2) is 41.0 Å². The molecule has 1 aromatic heterocycles. The number of aliphatic hydroxyl groups is 2. The van der Waals surface area contributed by atoms with Gasteiger partial charge in [0, 0.05) is 19.0 Å². The molecule has 2 rings (SSSR count). The van der Waals surface area contributed by atoms with Crippen molar-refractivity contribution in [3.8, 4) is 0 Å². The highest BCUT2D eigenvalue weighted by Gasteiger charge is 2.22. The molecule has 31 heavy (non-hydrogen) atoms. The van der Waals surface area contributed by atoms with Gasteiger partial charge in [-0.2, -0.15) is 0 Å². The average Bonchev–Trinajstić information content (AvgIpc) is 3.07. The van der Waals surface area contributed by atoms with Crippen LogP contribution in [0.25, 0.3) is 6.08 Å². The van der Waals surface area contributed by atoms with Gasteiger partial charge in [0.1, 0.15) is 4.60 Å². The molecule has 0 fully saturated rings. The Balaban J connectivity index is 2.13. The Kier molecular flexibility index (Phi) is 9.42.